The minimum atomic E-state index is -0.603. The van der Waals surface area contributed by atoms with Gasteiger partial charge in [0.1, 0.15) is 6.17 Å². The zero-order valence-electron chi connectivity index (χ0n) is 8.37. The van der Waals surface area contributed by atoms with Crippen LogP contribution < -0.4 is 0 Å². The molecule has 76 valence electrons. The normalized spacial score (nSPS) is 41.1. The van der Waals surface area contributed by atoms with Crippen LogP contribution in [0.15, 0.2) is 0 Å². The lowest BCUT2D eigenvalue weighted by Crippen LogP contribution is -2.59. The quantitative estimate of drug-likeness (QED) is 0.618. The van der Waals surface area contributed by atoms with Crippen LogP contribution in [0.4, 0.5) is 4.39 Å². The number of nitrogens with zero attached hydrogens (tertiary/aromatic N) is 1. The summed E-state index contributed by atoms with van der Waals surface area (Å²) in [5.41, 5.74) is 0. The predicted molar refractivity (Wildman–Crippen MR) is 49.5 cm³/mol. The van der Waals surface area contributed by atoms with E-state index in [-0.39, 0.29) is 0 Å². The Labute approximate surface area is 79.1 Å². The molecule has 0 N–H and O–H groups in total. The van der Waals surface area contributed by atoms with Crippen molar-refractivity contribution < 1.29 is 9.13 Å². The molecular weight excluding hydrogens is 169 g/mol. The fourth-order valence-corrected chi connectivity index (χ4v) is 2.72. The summed E-state index contributed by atoms with van der Waals surface area (Å²) in [4.78, 5) is 2.43. The number of hydrogen-bond acceptors (Lipinski definition) is 2. The van der Waals surface area contributed by atoms with Crippen LogP contribution in [0, 0.1) is 0 Å². The highest BCUT2D eigenvalue weighted by Gasteiger charge is 2.40. The summed E-state index contributed by atoms with van der Waals surface area (Å²) in [6.07, 6.45) is 0.720. The van der Waals surface area contributed by atoms with Crippen molar-refractivity contribution >= 4 is 0 Å². The number of alkyl halides is 1. The van der Waals surface area contributed by atoms with E-state index in [0.717, 1.165) is 13.2 Å². The van der Waals surface area contributed by atoms with Gasteiger partial charge in [0.15, 0.2) is 0 Å². The van der Waals surface area contributed by atoms with Crippen LogP contribution >= 0.6 is 0 Å². The third-order valence-electron chi connectivity index (χ3n) is 3.12. The Balaban J connectivity index is 2.10. The molecule has 2 aliphatic rings. The van der Waals surface area contributed by atoms with Crippen LogP contribution in [0.5, 0.6) is 0 Å². The smallest absolute Gasteiger partial charge is 0.103 e. The summed E-state index contributed by atoms with van der Waals surface area (Å²) < 4.78 is 18.7. The van der Waals surface area contributed by atoms with E-state index in [1.807, 2.05) is 0 Å². The monoisotopic (exact) mass is 187 g/mol. The summed E-state index contributed by atoms with van der Waals surface area (Å²) in [7, 11) is 0. The molecule has 13 heavy (non-hydrogen) atoms. The molecule has 0 saturated carbocycles. The van der Waals surface area contributed by atoms with E-state index in [4.69, 9.17) is 4.74 Å². The standard InChI is InChI=1S/C10H18FNO/c1-7(2)12-9-3-8(11)4-10(12)6-13-5-9/h7-10H,3-6H2,1-2H3. The Morgan fingerprint density at radius 1 is 1.23 bits per heavy atom. The lowest BCUT2D eigenvalue weighted by atomic mass is 9.91. The largest absolute Gasteiger partial charge is 0.378 e. The Morgan fingerprint density at radius 3 is 2.23 bits per heavy atom. The third kappa shape index (κ3) is 1.72. The molecule has 0 aromatic rings. The van der Waals surface area contributed by atoms with Gasteiger partial charge in [0.25, 0.3) is 0 Å². The van der Waals surface area contributed by atoms with Gasteiger partial charge in [-0.05, 0) is 26.7 Å². The van der Waals surface area contributed by atoms with Crippen molar-refractivity contribution in [3.8, 4) is 0 Å². The number of hydrogen-bond donors (Lipinski definition) is 0. The number of rotatable bonds is 1. The maximum atomic E-state index is 13.3. The molecule has 2 heterocycles. The molecule has 0 aromatic carbocycles. The van der Waals surface area contributed by atoms with E-state index in [1.165, 1.54) is 0 Å². The van der Waals surface area contributed by atoms with Crippen molar-refractivity contribution in [2.45, 2.75) is 51.0 Å². The van der Waals surface area contributed by atoms with Crippen LogP contribution in [-0.4, -0.2) is 42.4 Å². The van der Waals surface area contributed by atoms with Crippen molar-refractivity contribution in [1.82, 2.24) is 4.90 Å². The van der Waals surface area contributed by atoms with E-state index in [1.54, 1.807) is 0 Å². The van der Waals surface area contributed by atoms with Crippen LogP contribution in [0.2, 0.25) is 0 Å². The summed E-state index contributed by atoms with van der Waals surface area (Å²) in [5, 5.41) is 0. The van der Waals surface area contributed by atoms with Gasteiger partial charge in [-0.25, -0.2) is 4.39 Å². The first-order valence-corrected chi connectivity index (χ1v) is 5.17. The number of piperidine rings is 1. The molecule has 2 fully saturated rings. The first-order valence-electron chi connectivity index (χ1n) is 5.17. The maximum Gasteiger partial charge on any atom is 0.103 e. The number of fused-ring (bicyclic) bond motifs is 2. The fraction of sp³-hybridized carbons (Fsp3) is 1.00. The van der Waals surface area contributed by atoms with Gasteiger partial charge in [0.05, 0.1) is 13.2 Å². The highest BCUT2D eigenvalue weighted by molar-refractivity contribution is 4.93. The van der Waals surface area contributed by atoms with Crippen LogP contribution in [-0.2, 0) is 4.74 Å². The maximum absolute atomic E-state index is 13.3. The van der Waals surface area contributed by atoms with Gasteiger partial charge >= 0.3 is 0 Å². The first kappa shape index (κ1) is 9.41. The number of halogens is 1. The molecule has 0 aromatic heterocycles. The summed E-state index contributed by atoms with van der Waals surface area (Å²) in [5.74, 6) is 0. The summed E-state index contributed by atoms with van der Waals surface area (Å²) in [6.45, 7) is 5.80. The zero-order chi connectivity index (χ0) is 9.42. The average Bonchev–Trinajstić information content (AvgIpc) is 2.01. The minimum Gasteiger partial charge on any atom is -0.378 e. The lowest BCUT2D eigenvalue weighted by molar-refractivity contribution is -0.104. The highest BCUT2D eigenvalue weighted by Crippen LogP contribution is 2.30. The topological polar surface area (TPSA) is 12.5 Å². The highest BCUT2D eigenvalue weighted by atomic mass is 19.1. The third-order valence-corrected chi connectivity index (χ3v) is 3.12. The van der Waals surface area contributed by atoms with Crippen molar-refractivity contribution in [2.75, 3.05) is 13.2 Å². The second-order valence-corrected chi connectivity index (χ2v) is 4.45. The Hall–Kier alpha value is -0.150. The molecule has 0 amide bonds. The molecule has 3 heteroatoms. The Bertz CT molecular complexity index is 172. The molecule has 2 bridgehead atoms. The SMILES string of the molecule is CC(C)N1C2COCC1CC(F)C2. The Kier molecular flexibility index (Phi) is 2.56. The fourth-order valence-electron chi connectivity index (χ4n) is 2.72. The Morgan fingerprint density at radius 2 is 1.77 bits per heavy atom. The first-order chi connectivity index (χ1) is 6.18. The van der Waals surface area contributed by atoms with Gasteiger partial charge in [0.2, 0.25) is 0 Å². The molecule has 0 radical (unpaired) electrons. The van der Waals surface area contributed by atoms with Crippen LogP contribution in [0.3, 0.4) is 0 Å². The van der Waals surface area contributed by atoms with Gasteiger partial charge in [-0.3, -0.25) is 4.90 Å². The predicted octanol–water partition coefficient (Wildman–Crippen LogP) is 1.60. The van der Waals surface area contributed by atoms with E-state index < -0.39 is 6.17 Å². The van der Waals surface area contributed by atoms with E-state index in [0.29, 0.717) is 31.0 Å². The molecule has 2 atom stereocenters. The molecule has 2 aliphatic heterocycles. The van der Waals surface area contributed by atoms with Gasteiger partial charge in [-0.2, -0.15) is 0 Å². The van der Waals surface area contributed by atoms with Crippen molar-refractivity contribution in [2.24, 2.45) is 0 Å². The van der Waals surface area contributed by atoms with Gasteiger partial charge in [-0.15, -0.1) is 0 Å². The lowest BCUT2D eigenvalue weighted by Gasteiger charge is -2.48. The molecule has 0 aliphatic carbocycles. The van der Waals surface area contributed by atoms with Crippen molar-refractivity contribution in [3.63, 3.8) is 0 Å². The number of morpholine rings is 1. The van der Waals surface area contributed by atoms with E-state index >= 15 is 0 Å². The average molecular weight is 187 g/mol. The molecule has 2 rings (SSSR count). The van der Waals surface area contributed by atoms with Crippen LogP contribution in [0.25, 0.3) is 0 Å². The molecule has 2 unspecified atom stereocenters. The van der Waals surface area contributed by atoms with Crippen LogP contribution in [0.1, 0.15) is 26.7 Å². The van der Waals surface area contributed by atoms with Crippen molar-refractivity contribution in [1.29, 1.82) is 0 Å². The summed E-state index contributed by atoms with van der Waals surface area (Å²) >= 11 is 0. The number of ether oxygens (including phenoxy) is 1. The molecular formula is C10H18FNO. The zero-order valence-corrected chi connectivity index (χ0v) is 8.37. The second-order valence-electron chi connectivity index (χ2n) is 4.45. The van der Waals surface area contributed by atoms with Gasteiger partial charge in [0, 0.05) is 18.1 Å². The minimum absolute atomic E-state index is 0.322. The van der Waals surface area contributed by atoms with Gasteiger partial charge < -0.3 is 4.74 Å². The molecule has 2 saturated heterocycles. The van der Waals surface area contributed by atoms with Gasteiger partial charge in [-0.1, -0.05) is 0 Å². The molecule has 2 nitrogen and oxygen atoms in total. The molecule has 0 spiro atoms. The van der Waals surface area contributed by atoms with E-state index in [9.17, 15) is 4.39 Å². The van der Waals surface area contributed by atoms with E-state index in [2.05, 4.69) is 18.7 Å². The second kappa shape index (κ2) is 3.54. The summed E-state index contributed by atoms with van der Waals surface area (Å²) in [6, 6.07) is 1.16. The van der Waals surface area contributed by atoms with Crippen molar-refractivity contribution in [3.05, 3.63) is 0 Å².